The van der Waals surface area contributed by atoms with Crippen molar-refractivity contribution in [1.82, 2.24) is 9.97 Å². The van der Waals surface area contributed by atoms with Crippen LogP contribution >= 0.6 is 15.9 Å². The fraction of sp³-hybridized carbons (Fsp3) is 0.214. The van der Waals surface area contributed by atoms with Gasteiger partial charge in [-0.05, 0) is 47.5 Å². The van der Waals surface area contributed by atoms with Gasteiger partial charge in [0, 0.05) is 17.2 Å². The predicted molar refractivity (Wildman–Crippen MR) is 81.5 cm³/mol. The molecule has 0 unspecified atom stereocenters. The van der Waals surface area contributed by atoms with Gasteiger partial charge in [0.15, 0.2) is 5.82 Å². The standard InChI is InChI=1S/C14H12BrFN4O/c1-3-20-12-9(5-8(15)6-17-12)14(21)19-11-7(2)4-10(16)18-13(11)20/h4-6H,3H2,1-2H3,(H,19,21). The second-order valence-corrected chi connectivity index (χ2v) is 5.60. The van der Waals surface area contributed by atoms with Gasteiger partial charge >= 0.3 is 0 Å². The molecule has 2 aromatic rings. The van der Waals surface area contributed by atoms with Crippen LogP contribution in [0.1, 0.15) is 22.8 Å². The number of aryl methyl sites for hydroxylation is 1. The second kappa shape index (κ2) is 5.07. The number of nitrogens with zero attached hydrogens (tertiary/aromatic N) is 3. The fourth-order valence-corrected chi connectivity index (χ4v) is 2.69. The van der Waals surface area contributed by atoms with Crippen molar-refractivity contribution in [1.29, 1.82) is 0 Å². The summed E-state index contributed by atoms with van der Waals surface area (Å²) in [6, 6.07) is 2.99. The minimum atomic E-state index is -0.584. The minimum Gasteiger partial charge on any atom is -0.318 e. The van der Waals surface area contributed by atoms with Crippen LogP contribution in [0.5, 0.6) is 0 Å². The van der Waals surface area contributed by atoms with Gasteiger partial charge in [-0.2, -0.15) is 9.37 Å². The molecular formula is C14H12BrFN4O. The zero-order valence-electron chi connectivity index (χ0n) is 11.4. The summed E-state index contributed by atoms with van der Waals surface area (Å²) in [4.78, 5) is 22.4. The van der Waals surface area contributed by atoms with Crippen molar-refractivity contribution in [3.05, 3.63) is 39.9 Å². The molecule has 1 N–H and O–H groups in total. The van der Waals surface area contributed by atoms with Crippen molar-refractivity contribution >= 4 is 39.2 Å². The molecule has 7 heteroatoms. The van der Waals surface area contributed by atoms with Gasteiger partial charge < -0.3 is 10.2 Å². The van der Waals surface area contributed by atoms with Gasteiger partial charge in [0.05, 0.1) is 11.3 Å². The van der Waals surface area contributed by atoms with Gasteiger partial charge in [-0.15, -0.1) is 0 Å². The number of carbonyl (C=O) groups excluding carboxylic acids is 1. The summed E-state index contributed by atoms with van der Waals surface area (Å²) in [5, 5.41) is 2.80. The van der Waals surface area contributed by atoms with Crippen molar-refractivity contribution in [2.45, 2.75) is 13.8 Å². The second-order valence-electron chi connectivity index (χ2n) is 4.68. The number of fused-ring (bicyclic) bond motifs is 2. The molecule has 108 valence electrons. The smallest absolute Gasteiger partial charge is 0.259 e. The summed E-state index contributed by atoms with van der Waals surface area (Å²) in [5.41, 5.74) is 1.55. The molecule has 0 aliphatic carbocycles. The van der Waals surface area contributed by atoms with Crippen LogP contribution in [0.3, 0.4) is 0 Å². The van der Waals surface area contributed by atoms with Gasteiger partial charge in [-0.1, -0.05) is 0 Å². The molecule has 1 aliphatic heterocycles. The topological polar surface area (TPSA) is 58.1 Å². The van der Waals surface area contributed by atoms with Crippen molar-refractivity contribution < 1.29 is 9.18 Å². The van der Waals surface area contributed by atoms with Gasteiger partial charge in [0.2, 0.25) is 5.95 Å². The van der Waals surface area contributed by atoms with E-state index >= 15 is 0 Å². The van der Waals surface area contributed by atoms with E-state index in [1.165, 1.54) is 6.07 Å². The van der Waals surface area contributed by atoms with E-state index in [1.54, 1.807) is 24.1 Å². The van der Waals surface area contributed by atoms with Crippen molar-refractivity contribution in [3.63, 3.8) is 0 Å². The molecule has 3 rings (SSSR count). The first-order chi connectivity index (χ1) is 10.0. The normalized spacial score (nSPS) is 13.3. The van der Waals surface area contributed by atoms with E-state index in [-0.39, 0.29) is 5.91 Å². The Hall–Kier alpha value is -2.02. The Morgan fingerprint density at radius 3 is 2.86 bits per heavy atom. The third-order valence-corrected chi connectivity index (χ3v) is 3.74. The number of anilines is 3. The highest BCUT2D eigenvalue weighted by Gasteiger charge is 2.28. The Labute approximate surface area is 129 Å². The number of aromatic nitrogens is 2. The molecule has 1 aliphatic rings. The lowest BCUT2D eigenvalue weighted by Crippen LogP contribution is -2.20. The number of amides is 1. The van der Waals surface area contributed by atoms with Gasteiger partial charge in [-0.3, -0.25) is 4.79 Å². The van der Waals surface area contributed by atoms with E-state index in [1.807, 2.05) is 6.92 Å². The lowest BCUT2D eigenvalue weighted by molar-refractivity contribution is 0.102. The molecule has 0 radical (unpaired) electrons. The summed E-state index contributed by atoms with van der Waals surface area (Å²) >= 11 is 3.31. The highest BCUT2D eigenvalue weighted by atomic mass is 79.9. The zero-order valence-corrected chi connectivity index (χ0v) is 13.0. The third-order valence-electron chi connectivity index (χ3n) is 3.31. The molecule has 3 heterocycles. The third kappa shape index (κ3) is 2.27. The Morgan fingerprint density at radius 1 is 1.38 bits per heavy atom. The number of nitrogens with one attached hydrogen (secondary N) is 1. The Balaban J connectivity index is 2.30. The number of carbonyl (C=O) groups is 1. The maximum atomic E-state index is 13.7. The lowest BCUT2D eigenvalue weighted by atomic mass is 10.2. The number of pyridine rings is 2. The molecule has 0 spiro atoms. The van der Waals surface area contributed by atoms with Crippen molar-refractivity contribution in [2.24, 2.45) is 0 Å². The molecule has 21 heavy (non-hydrogen) atoms. The molecule has 0 atom stereocenters. The van der Waals surface area contributed by atoms with Crippen LogP contribution in [-0.4, -0.2) is 22.4 Å². The summed E-state index contributed by atoms with van der Waals surface area (Å²) < 4.78 is 14.4. The van der Waals surface area contributed by atoms with Crippen LogP contribution in [0.25, 0.3) is 0 Å². The first kappa shape index (κ1) is 13.9. The Kier molecular flexibility index (Phi) is 3.36. The number of rotatable bonds is 1. The fourth-order valence-electron chi connectivity index (χ4n) is 2.36. The van der Waals surface area contributed by atoms with Gasteiger partial charge in [-0.25, -0.2) is 4.98 Å². The average molecular weight is 351 g/mol. The maximum Gasteiger partial charge on any atom is 0.259 e. The minimum absolute atomic E-state index is 0.285. The van der Waals surface area contributed by atoms with E-state index in [2.05, 4.69) is 31.2 Å². The highest BCUT2D eigenvalue weighted by molar-refractivity contribution is 9.10. The molecule has 0 bridgehead atoms. The molecule has 1 amide bonds. The first-order valence-corrected chi connectivity index (χ1v) is 7.22. The SMILES string of the molecule is CCN1c2ncc(Br)cc2C(=O)Nc2c(C)cc(F)nc21. The largest absolute Gasteiger partial charge is 0.318 e. The van der Waals surface area contributed by atoms with E-state index in [0.29, 0.717) is 39.5 Å². The zero-order chi connectivity index (χ0) is 15.1. The summed E-state index contributed by atoms with van der Waals surface area (Å²) in [6.07, 6.45) is 1.60. The van der Waals surface area contributed by atoms with Crippen LogP contribution in [0, 0.1) is 12.9 Å². The molecule has 0 aromatic carbocycles. The van der Waals surface area contributed by atoms with Crippen LogP contribution in [0.4, 0.5) is 21.7 Å². The van der Waals surface area contributed by atoms with E-state index in [0.717, 1.165) is 0 Å². The number of hydrogen-bond acceptors (Lipinski definition) is 4. The van der Waals surface area contributed by atoms with Crippen LogP contribution in [-0.2, 0) is 0 Å². The highest BCUT2D eigenvalue weighted by Crippen LogP contribution is 2.37. The molecule has 5 nitrogen and oxygen atoms in total. The predicted octanol–water partition coefficient (Wildman–Crippen LogP) is 3.41. The molecule has 0 saturated carbocycles. The van der Waals surface area contributed by atoms with Crippen molar-refractivity contribution in [2.75, 3.05) is 16.8 Å². The maximum absolute atomic E-state index is 13.7. The molecule has 2 aromatic heterocycles. The average Bonchev–Trinajstić information content (AvgIpc) is 2.54. The van der Waals surface area contributed by atoms with E-state index in [4.69, 9.17) is 0 Å². The summed E-state index contributed by atoms with van der Waals surface area (Å²) in [6.45, 7) is 4.14. The van der Waals surface area contributed by atoms with Crippen LogP contribution in [0.15, 0.2) is 22.8 Å². The quantitative estimate of drug-likeness (QED) is 0.800. The summed E-state index contributed by atoms with van der Waals surface area (Å²) in [5.74, 6) is -0.0293. The molecule has 0 saturated heterocycles. The monoisotopic (exact) mass is 350 g/mol. The number of halogens is 2. The lowest BCUT2D eigenvalue weighted by Gasteiger charge is -2.22. The molecular weight excluding hydrogens is 339 g/mol. The Bertz CT molecular complexity index is 750. The van der Waals surface area contributed by atoms with E-state index in [9.17, 15) is 9.18 Å². The summed E-state index contributed by atoms with van der Waals surface area (Å²) in [7, 11) is 0. The Morgan fingerprint density at radius 2 is 2.14 bits per heavy atom. The number of hydrogen-bond donors (Lipinski definition) is 1. The van der Waals surface area contributed by atoms with Crippen molar-refractivity contribution in [3.8, 4) is 0 Å². The van der Waals surface area contributed by atoms with Crippen LogP contribution in [0.2, 0.25) is 0 Å². The van der Waals surface area contributed by atoms with Crippen LogP contribution < -0.4 is 10.2 Å². The molecule has 0 fully saturated rings. The van der Waals surface area contributed by atoms with Gasteiger partial charge in [0.1, 0.15) is 5.82 Å². The van der Waals surface area contributed by atoms with E-state index < -0.39 is 5.95 Å². The van der Waals surface area contributed by atoms with Gasteiger partial charge in [0.25, 0.3) is 5.91 Å². The first-order valence-electron chi connectivity index (χ1n) is 6.43.